The number of carbonyl (C=O) groups is 1. The van der Waals surface area contributed by atoms with E-state index in [1.54, 1.807) is 24.5 Å². The fourth-order valence-electron chi connectivity index (χ4n) is 1.35. The molecule has 0 saturated carbocycles. The SMILES string of the molecule is COC(=O)c1ccc(OCc2cccnc2)nc1. The molecule has 2 aromatic rings. The Morgan fingerprint density at radius 2 is 2.17 bits per heavy atom. The molecule has 0 N–H and O–H groups in total. The molecule has 0 atom stereocenters. The van der Waals surface area contributed by atoms with Crippen molar-refractivity contribution < 1.29 is 14.3 Å². The topological polar surface area (TPSA) is 61.3 Å². The Bertz CT molecular complexity index is 512. The van der Waals surface area contributed by atoms with Crippen LogP contribution in [0.2, 0.25) is 0 Å². The minimum Gasteiger partial charge on any atom is -0.473 e. The molecule has 0 fully saturated rings. The number of carbonyl (C=O) groups excluding carboxylic acids is 1. The molecule has 5 heteroatoms. The summed E-state index contributed by atoms with van der Waals surface area (Å²) in [7, 11) is 1.33. The molecule has 0 aliphatic carbocycles. The standard InChI is InChI=1S/C13H12N2O3/c1-17-13(16)11-4-5-12(15-8-11)18-9-10-3-2-6-14-7-10/h2-8H,9H2,1H3. The number of hydrogen-bond acceptors (Lipinski definition) is 5. The molecular formula is C13H12N2O3. The molecule has 0 radical (unpaired) electrons. The van der Waals surface area contributed by atoms with Crippen molar-refractivity contribution in [1.82, 2.24) is 9.97 Å². The van der Waals surface area contributed by atoms with Crippen LogP contribution in [0.25, 0.3) is 0 Å². The summed E-state index contributed by atoms with van der Waals surface area (Å²) < 4.78 is 10.0. The highest BCUT2D eigenvalue weighted by atomic mass is 16.5. The lowest BCUT2D eigenvalue weighted by Crippen LogP contribution is -2.03. The molecule has 0 aliphatic rings. The molecule has 0 aromatic carbocycles. The van der Waals surface area contributed by atoms with E-state index in [2.05, 4.69) is 14.7 Å². The Balaban J connectivity index is 1.97. The maximum Gasteiger partial charge on any atom is 0.339 e. The number of esters is 1. The van der Waals surface area contributed by atoms with E-state index < -0.39 is 5.97 Å². The second kappa shape index (κ2) is 5.77. The minimum atomic E-state index is -0.415. The average Bonchev–Trinajstić information content (AvgIpc) is 2.46. The van der Waals surface area contributed by atoms with E-state index in [0.29, 0.717) is 18.1 Å². The van der Waals surface area contributed by atoms with Crippen LogP contribution < -0.4 is 4.74 Å². The van der Waals surface area contributed by atoms with E-state index in [1.165, 1.54) is 13.3 Å². The van der Waals surface area contributed by atoms with Gasteiger partial charge in [0.15, 0.2) is 0 Å². The van der Waals surface area contributed by atoms with Crippen molar-refractivity contribution in [2.45, 2.75) is 6.61 Å². The quantitative estimate of drug-likeness (QED) is 0.768. The van der Waals surface area contributed by atoms with Crippen LogP contribution in [0.15, 0.2) is 42.9 Å². The van der Waals surface area contributed by atoms with Gasteiger partial charge in [-0.3, -0.25) is 4.98 Å². The van der Waals surface area contributed by atoms with Crippen molar-refractivity contribution >= 4 is 5.97 Å². The Labute approximate surface area is 104 Å². The highest BCUT2D eigenvalue weighted by molar-refractivity contribution is 5.88. The first-order valence-electron chi connectivity index (χ1n) is 5.35. The maximum atomic E-state index is 11.2. The molecule has 92 valence electrons. The van der Waals surface area contributed by atoms with Crippen LogP contribution in [-0.2, 0) is 11.3 Å². The molecule has 0 saturated heterocycles. The molecular weight excluding hydrogens is 232 g/mol. The molecule has 0 bridgehead atoms. The van der Waals surface area contributed by atoms with Gasteiger partial charge in [-0.25, -0.2) is 9.78 Å². The zero-order valence-corrected chi connectivity index (χ0v) is 9.87. The molecule has 5 nitrogen and oxygen atoms in total. The lowest BCUT2D eigenvalue weighted by Gasteiger charge is -2.05. The van der Waals surface area contributed by atoms with Gasteiger partial charge in [-0.05, 0) is 12.1 Å². The summed E-state index contributed by atoms with van der Waals surface area (Å²) in [4.78, 5) is 19.2. The summed E-state index contributed by atoms with van der Waals surface area (Å²) >= 11 is 0. The summed E-state index contributed by atoms with van der Waals surface area (Å²) in [6.45, 7) is 0.387. The van der Waals surface area contributed by atoms with Crippen LogP contribution in [-0.4, -0.2) is 23.0 Å². The number of hydrogen-bond donors (Lipinski definition) is 0. The Morgan fingerprint density at radius 3 is 2.78 bits per heavy atom. The second-order valence-corrected chi connectivity index (χ2v) is 3.53. The van der Waals surface area contributed by atoms with Crippen LogP contribution in [0.5, 0.6) is 5.88 Å². The van der Waals surface area contributed by atoms with E-state index >= 15 is 0 Å². The summed E-state index contributed by atoms with van der Waals surface area (Å²) in [6.07, 6.45) is 4.85. The smallest absolute Gasteiger partial charge is 0.339 e. The van der Waals surface area contributed by atoms with Crippen molar-refractivity contribution in [3.8, 4) is 5.88 Å². The number of nitrogens with zero attached hydrogens (tertiary/aromatic N) is 2. The van der Waals surface area contributed by atoms with E-state index in [9.17, 15) is 4.79 Å². The number of methoxy groups -OCH3 is 1. The number of rotatable bonds is 4. The molecule has 0 unspecified atom stereocenters. The maximum absolute atomic E-state index is 11.2. The zero-order valence-electron chi connectivity index (χ0n) is 9.87. The van der Waals surface area contributed by atoms with Crippen molar-refractivity contribution in [2.75, 3.05) is 7.11 Å². The Hall–Kier alpha value is -2.43. The van der Waals surface area contributed by atoms with Gasteiger partial charge in [0.1, 0.15) is 6.61 Å². The highest BCUT2D eigenvalue weighted by Gasteiger charge is 2.05. The Morgan fingerprint density at radius 1 is 1.28 bits per heavy atom. The van der Waals surface area contributed by atoms with Gasteiger partial charge in [-0.1, -0.05) is 6.07 Å². The lowest BCUT2D eigenvalue weighted by molar-refractivity contribution is 0.0600. The molecule has 0 amide bonds. The number of aromatic nitrogens is 2. The molecule has 0 spiro atoms. The van der Waals surface area contributed by atoms with Crippen molar-refractivity contribution in [3.63, 3.8) is 0 Å². The van der Waals surface area contributed by atoms with Gasteiger partial charge in [-0.2, -0.15) is 0 Å². The van der Waals surface area contributed by atoms with Crippen molar-refractivity contribution in [3.05, 3.63) is 54.0 Å². The monoisotopic (exact) mass is 244 g/mol. The van der Waals surface area contributed by atoms with E-state index in [1.807, 2.05) is 12.1 Å². The zero-order chi connectivity index (χ0) is 12.8. The first-order chi connectivity index (χ1) is 8.79. The number of ether oxygens (including phenoxy) is 2. The largest absolute Gasteiger partial charge is 0.473 e. The summed E-state index contributed by atoms with van der Waals surface area (Å²) in [5.74, 6) is 0.0350. The fourth-order valence-corrected chi connectivity index (χ4v) is 1.35. The minimum absolute atomic E-state index is 0.387. The molecule has 2 heterocycles. The van der Waals surface area contributed by atoms with E-state index in [-0.39, 0.29) is 0 Å². The van der Waals surface area contributed by atoms with Crippen LogP contribution in [0.3, 0.4) is 0 Å². The van der Waals surface area contributed by atoms with E-state index in [0.717, 1.165) is 5.56 Å². The third-order valence-corrected chi connectivity index (χ3v) is 2.27. The third kappa shape index (κ3) is 3.04. The van der Waals surface area contributed by atoms with Gasteiger partial charge in [0, 0.05) is 30.2 Å². The molecule has 0 aliphatic heterocycles. The van der Waals surface area contributed by atoms with Gasteiger partial charge in [0.05, 0.1) is 12.7 Å². The summed E-state index contributed by atoms with van der Waals surface area (Å²) in [5.41, 5.74) is 1.35. The lowest BCUT2D eigenvalue weighted by atomic mass is 10.3. The van der Waals surface area contributed by atoms with Gasteiger partial charge in [-0.15, -0.1) is 0 Å². The average molecular weight is 244 g/mol. The molecule has 2 aromatic heterocycles. The van der Waals surface area contributed by atoms with Gasteiger partial charge in [0.25, 0.3) is 0 Å². The Kier molecular flexibility index (Phi) is 3.86. The summed E-state index contributed by atoms with van der Waals surface area (Å²) in [6, 6.07) is 6.99. The normalized spacial score (nSPS) is 9.83. The highest BCUT2D eigenvalue weighted by Crippen LogP contribution is 2.10. The van der Waals surface area contributed by atoms with Crippen LogP contribution in [0.1, 0.15) is 15.9 Å². The van der Waals surface area contributed by atoms with Crippen LogP contribution in [0.4, 0.5) is 0 Å². The molecule has 18 heavy (non-hydrogen) atoms. The first kappa shape index (κ1) is 12.0. The van der Waals surface area contributed by atoms with E-state index in [4.69, 9.17) is 4.74 Å². The van der Waals surface area contributed by atoms with Gasteiger partial charge < -0.3 is 9.47 Å². The third-order valence-electron chi connectivity index (χ3n) is 2.27. The van der Waals surface area contributed by atoms with Crippen molar-refractivity contribution in [1.29, 1.82) is 0 Å². The van der Waals surface area contributed by atoms with Crippen LogP contribution >= 0.6 is 0 Å². The van der Waals surface area contributed by atoms with Gasteiger partial charge in [0.2, 0.25) is 5.88 Å². The first-order valence-corrected chi connectivity index (χ1v) is 5.35. The van der Waals surface area contributed by atoms with Crippen LogP contribution in [0, 0.1) is 0 Å². The van der Waals surface area contributed by atoms with Crippen molar-refractivity contribution in [2.24, 2.45) is 0 Å². The number of pyridine rings is 2. The predicted molar refractivity (Wildman–Crippen MR) is 64.1 cm³/mol. The predicted octanol–water partition coefficient (Wildman–Crippen LogP) is 1.84. The van der Waals surface area contributed by atoms with Gasteiger partial charge >= 0.3 is 5.97 Å². The fraction of sp³-hybridized carbons (Fsp3) is 0.154. The summed E-state index contributed by atoms with van der Waals surface area (Å²) in [5, 5.41) is 0. The molecule has 2 rings (SSSR count). The second-order valence-electron chi connectivity index (χ2n) is 3.53.